The number of aromatic nitrogens is 2. The van der Waals surface area contributed by atoms with E-state index in [1.165, 1.54) is 0 Å². The summed E-state index contributed by atoms with van der Waals surface area (Å²) in [7, 11) is 0. The number of hydrogen-bond donors (Lipinski definition) is 3. The van der Waals surface area contributed by atoms with Gasteiger partial charge in [0.05, 0.1) is 23.6 Å². The summed E-state index contributed by atoms with van der Waals surface area (Å²) in [5.41, 5.74) is 8.49. The van der Waals surface area contributed by atoms with Crippen LogP contribution in [0.3, 0.4) is 0 Å². The van der Waals surface area contributed by atoms with E-state index in [2.05, 4.69) is 31.4 Å². The van der Waals surface area contributed by atoms with Crippen molar-refractivity contribution in [2.24, 2.45) is 0 Å². The molecule has 78 valence electrons. The molecular formula is C10H11BrN4. The van der Waals surface area contributed by atoms with Gasteiger partial charge in [-0.2, -0.15) is 5.10 Å². The lowest BCUT2D eigenvalue weighted by Crippen LogP contribution is -2.02. The molecule has 0 saturated carbocycles. The fourth-order valence-electron chi connectivity index (χ4n) is 1.26. The van der Waals surface area contributed by atoms with Crippen LogP contribution >= 0.6 is 15.9 Å². The lowest BCUT2D eigenvalue weighted by atomic mass is 10.2. The van der Waals surface area contributed by atoms with E-state index in [9.17, 15) is 0 Å². The Morgan fingerprint density at radius 2 is 2.27 bits per heavy atom. The largest absolute Gasteiger partial charge is 0.397 e. The zero-order chi connectivity index (χ0) is 10.7. The fourth-order valence-corrected chi connectivity index (χ4v) is 1.62. The van der Waals surface area contributed by atoms with Gasteiger partial charge in [-0.3, -0.25) is 5.10 Å². The summed E-state index contributed by atoms with van der Waals surface area (Å²) in [5, 5.41) is 9.98. The molecule has 4 N–H and O–H groups in total. The van der Waals surface area contributed by atoms with Gasteiger partial charge >= 0.3 is 0 Å². The SMILES string of the molecule is Nc1ccc(Br)cc1NCc1ccn[nH]1. The molecule has 5 heteroatoms. The lowest BCUT2D eigenvalue weighted by Gasteiger charge is -2.08. The van der Waals surface area contributed by atoms with Gasteiger partial charge in [-0.1, -0.05) is 15.9 Å². The van der Waals surface area contributed by atoms with Crippen molar-refractivity contribution in [3.05, 3.63) is 40.6 Å². The molecule has 0 radical (unpaired) electrons. The van der Waals surface area contributed by atoms with E-state index in [1.807, 2.05) is 24.3 Å². The Hall–Kier alpha value is -1.49. The van der Waals surface area contributed by atoms with Gasteiger partial charge in [0.2, 0.25) is 0 Å². The first-order valence-corrected chi connectivity index (χ1v) is 5.32. The highest BCUT2D eigenvalue weighted by atomic mass is 79.9. The molecule has 1 aromatic heterocycles. The second kappa shape index (κ2) is 4.35. The molecular weight excluding hydrogens is 256 g/mol. The molecule has 1 heterocycles. The van der Waals surface area contributed by atoms with Crippen molar-refractivity contribution in [1.82, 2.24) is 10.2 Å². The van der Waals surface area contributed by atoms with Crippen molar-refractivity contribution < 1.29 is 0 Å². The lowest BCUT2D eigenvalue weighted by molar-refractivity contribution is 0.982. The quantitative estimate of drug-likeness (QED) is 0.748. The number of nitrogen functional groups attached to an aromatic ring is 1. The Morgan fingerprint density at radius 3 is 3.00 bits per heavy atom. The van der Waals surface area contributed by atoms with Gasteiger partial charge in [0.25, 0.3) is 0 Å². The number of rotatable bonds is 3. The average molecular weight is 267 g/mol. The third-order valence-corrected chi connectivity index (χ3v) is 2.54. The molecule has 4 nitrogen and oxygen atoms in total. The number of nitrogens with two attached hydrogens (primary N) is 1. The molecule has 0 bridgehead atoms. The van der Waals surface area contributed by atoms with Crippen molar-refractivity contribution in [1.29, 1.82) is 0 Å². The molecule has 0 amide bonds. The number of hydrogen-bond acceptors (Lipinski definition) is 3. The van der Waals surface area contributed by atoms with E-state index >= 15 is 0 Å². The van der Waals surface area contributed by atoms with Gasteiger partial charge < -0.3 is 11.1 Å². The van der Waals surface area contributed by atoms with Crippen molar-refractivity contribution in [2.75, 3.05) is 11.1 Å². The molecule has 2 aromatic rings. The van der Waals surface area contributed by atoms with Crippen LogP contribution in [-0.2, 0) is 6.54 Å². The molecule has 1 aromatic carbocycles. The van der Waals surface area contributed by atoms with E-state index in [0.29, 0.717) is 6.54 Å². The maximum absolute atomic E-state index is 5.82. The number of nitrogens with one attached hydrogen (secondary N) is 2. The Balaban J connectivity index is 2.07. The zero-order valence-corrected chi connectivity index (χ0v) is 9.58. The normalized spacial score (nSPS) is 10.2. The minimum absolute atomic E-state index is 0.681. The van der Waals surface area contributed by atoms with Crippen LogP contribution in [-0.4, -0.2) is 10.2 Å². The summed E-state index contributed by atoms with van der Waals surface area (Å²) in [6.45, 7) is 0.681. The van der Waals surface area contributed by atoms with Crippen molar-refractivity contribution in [3.8, 4) is 0 Å². The molecule has 15 heavy (non-hydrogen) atoms. The monoisotopic (exact) mass is 266 g/mol. The maximum Gasteiger partial charge on any atom is 0.0588 e. The second-order valence-corrected chi connectivity index (χ2v) is 4.08. The van der Waals surface area contributed by atoms with Gasteiger partial charge in [-0.15, -0.1) is 0 Å². The zero-order valence-electron chi connectivity index (χ0n) is 8.00. The Morgan fingerprint density at radius 1 is 1.40 bits per heavy atom. The van der Waals surface area contributed by atoms with E-state index in [1.54, 1.807) is 6.20 Å². The Labute approximate surface area is 96.0 Å². The van der Waals surface area contributed by atoms with E-state index < -0.39 is 0 Å². The maximum atomic E-state index is 5.82. The van der Waals surface area contributed by atoms with Crippen molar-refractivity contribution in [2.45, 2.75) is 6.54 Å². The number of H-pyrrole nitrogens is 1. The predicted molar refractivity (Wildman–Crippen MR) is 64.5 cm³/mol. The molecule has 0 aliphatic rings. The molecule has 0 atom stereocenters. The number of halogens is 1. The minimum Gasteiger partial charge on any atom is -0.397 e. The number of nitrogens with zero attached hydrogens (tertiary/aromatic N) is 1. The number of anilines is 2. The Bertz CT molecular complexity index is 439. The van der Waals surface area contributed by atoms with Gasteiger partial charge in [0, 0.05) is 10.7 Å². The molecule has 0 unspecified atom stereocenters. The summed E-state index contributed by atoms with van der Waals surface area (Å²) < 4.78 is 1.00. The summed E-state index contributed by atoms with van der Waals surface area (Å²) in [5.74, 6) is 0. The first kappa shape index (κ1) is 10.0. The summed E-state index contributed by atoms with van der Waals surface area (Å²) in [6, 6.07) is 7.64. The minimum atomic E-state index is 0.681. The standard InChI is InChI=1S/C10H11BrN4/c11-7-1-2-9(12)10(5-7)13-6-8-3-4-14-15-8/h1-5,13H,6,12H2,(H,14,15). The first-order valence-electron chi connectivity index (χ1n) is 4.53. The van der Waals surface area contributed by atoms with Gasteiger partial charge in [0.15, 0.2) is 0 Å². The van der Waals surface area contributed by atoms with Crippen LogP contribution in [0.4, 0.5) is 11.4 Å². The number of aromatic amines is 1. The van der Waals surface area contributed by atoms with Crippen LogP contribution < -0.4 is 11.1 Å². The van der Waals surface area contributed by atoms with E-state index in [0.717, 1.165) is 21.5 Å². The molecule has 0 aliphatic carbocycles. The topological polar surface area (TPSA) is 66.7 Å². The fraction of sp³-hybridized carbons (Fsp3) is 0.100. The molecule has 0 saturated heterocycles. The Kier molecular flexibility index (Phi) is 2.91. The highest BCUT2D eigenvalue weighted by Crippen LogP contribution is 2.23. The van der Waals surface area contributed by atoms with Crippen LogP contribution in [0.15, 0.2) is 34.9 Å². The third-order valence-electron chi connectivity index (χ3n) is 2.04. The van der Waals surface area contributed by atoms with Crippen molar-refractivity contribution in [3.63, 3.8) is 0 Å². The predicted octanol–water partition coefficient (Wildman–Crippen LogP) is 2.37. The van der Waals surface area contributed by atoms with E-state index in [4.69, 9.17) is 5.73 Å². The third kappa shape index (κ3) is 2.50. The van der Waals surface area contributed by atoms with Gasteiger partial charge in [-0.05, 0) is 24.3 Å². The smallest absolute Gasteiger partial charge is 0.0588 e. The molecule has 0 fully saturated rings. The summed E-state index contributed by atoms with van der Waals surface area (Å²) >= 11 is 3.40. The first-order chi connectivity index (χ1) is 7.25. The van der Waals surface area contributed by atoms with Crippen LogP contribution in [0.5, 0.6) is 0 Å². The second-order valence-electron chi connectivity index (χ2n) is 3.17. The molecule has 2 rings (SSSR count). The average Bonchev–Trinajstić information content (AvgIpc) is 2.72. The van der Waals surface area contributed by atoms with Crippen LogP contribution in [0.2, 0.25) is 0 Å². The van der Waals surface area contributed by atoms with Crippen LogP contribution in [0, 0.1) is 0 Å². The van der Waals surface area contributed by atoms with Crippen LogP contribution in [0.1, 0.15) is 5.69 Å². The van der Waals surface area contributed by atoms with Crippen molar-refractivity contribution >= 4 is 27.3 Å². The van der Waals surface area contributed by atoms with Crippen LogP contribution in [0.25, 0.3) is 0 Å². The molecule has 0 spiro atoms. The summed E-state index contributed by atoms with van der Waals surface area (Å²) in [4.78, 5) is 0. The van der Waals surface area contributed by atoms with Gasteiger partial charge in [-0.25, -0.2) is 0 Å². The number of benzene rings is 1. The van der Waals surface area contributed by atoms with E-state index in [-0.39, 0.29) is 0 Å². The molecule has 0 aliphatic heterocycles. The highest BCUT2D eigenvalue weighted by molar-refractivity contribution is 9.10. The van der Waals surface area contributed by atoms with Gasteiger partial charge in [0.1, 0.15) is 0 Å². The summed E-state index contributed by atoms with van der Waals surface area (Å²) in [6.07, 6.45) is 1.72. The highest BCUT2D eigenvalue weighted by Gasteiger charge is 2.00.